The molecule has 0 bridgehead atoms. The maximum Gasteiger partial charge on any atom is 0.270 e. The number of nitrogens with zero attached hydrogens (tertiary/aromatic N) is 5. The molecule has 146 valence electrons. The lowest BCUT2D eigenvalue weighted by Crippen LogP contribution is -2.36. The summed E-state index contributed by atoms with van der Waals surface area (Å²) in [5.41, 5.74) is 1.46. The third kappa shape index (κ3) is 5.84. The molecule has 9 nitrogen and oxygen atoms in total. The highest BCUT2D eigenvalue weighted by atomic mass is 16.6. The van der Waals surface area contributed by atoms with Crippen LogP contribution in [0.1, 0.15) is 19.4 Å². The molecule has 0 radical (unpaired) electrons. The van der Waals surface area contributed by atoms with Gasteiger partial charge in [0.2, 0.25) is 0 Å². The van der Waals surface area contributed by atoms with Gasteiger partial charge >= 0.3 is 0 Å². The predicted octanol–water partition coefficient (Wildman–Crippen LogP) is 3.45. The van der Waals surface area contributed by atoms with Crippen LogP contribution in [0.15, 0.2) is 52.7 Å². The van der Waals surface area contributed by atoms with E-state index in [4.69, 9.17) is 5.26 Å². The quantitative estimate of drug-likeness (QED) is 0.407. The minimum Gasteiger partial charge on any atom is -0.392 e. The van der Waals surface area contributed by atoms with Crippen molar-refractivity contribution in [1.29, 1.82) is 5.26 Å². The van der Waals surface area contributed by atoms with Crippen LogP contribution in [0, 0.1) is 21.4 Å². The number of nitriles is 1. The van der Waals surface area contributed by atoms with E-state index < -0.39 is 17.1 Å². The summed E-state index contributed by atoms with van der Waals surface area (Å²) in [4.78, 5) is 12.1. The first-order valence-electron chi connectivity index (χ1n) is 8.61. The molecule has 2 rings (SSSR count). The third-order valence-electron chi connectivity index (χ3n) is 3.77. The molecule has 2 N–H and O–H groups in total. The second-order valence-corrected chi connectivity index (χ2v) is 6.39. The van der Waals surface area contributed by atoms with Gasteiger partial charge in [0, 0.05) is 30.9 Å². The number of aliphatic hydroxyl groups is 2. The predicted molar refractivity (Wildman–Crippen MR) is 104 cm³/mol. The number of hydrogen-bond donors (Lipinski definition) is 2. The highest BCUT2D eigenvalue weighted by molar-refractivity contribution is 5.58. The zero-order valence-corrected chi connectivity index (χ0v) is 15.6. The highest BCUT2D eigenvalue weighted by Crippen LogP contribution is 2.27. The Kier molecular flexibility index (Phi) is 7.14. The Bertz CT molecular complexity index is 878. The lowest BCUT2D eigenvalue weighted by molar-refractivity contribution is -0.384. The molecular formula is C19H21N5O4. The Morgan fingerprint density at radius 1 is 1.11 bits per heavy atom. The van der Waals surface area contributed by atoms with Crippen LogP contribution in [-0.2, 0) is 0 Å². The normalized spacial score (nSPS) is 13.1. The molecule has 2 unspecified atom stereocenters. The molecule has 0 aromatic heterocycles. The van der Waals surface area contributed by atoms with Crippen molar-refractivity contribution in [3.8, 4) is 6.07 Å². The summed E-state index contributed by atoms with van der Waals surface area (Å²) in [5, 5.41) is 47.3. The van der Waals surface area contributed by atoms with E-state index in [1.54, 1.807) is 38.1 Å². The van der Waals surface area contributed by atoms with Gasteiger partial charge in [-0.25, -0.2) is 0 Å². The number of nitro groups is 1. The molecule has 0 aliphatic rings. The molecule has 0 amide bonds. The third-order valence-corrected chi connectivity index (χ3v) is 3.77. The van der Waals surface area contributed by atoms with E-state index in [9.17, 15) is 20.3 Å². The van der Waals surface area contributed by atoms with Crippen molar-refractivity contribution in [3.05, 3.63) is 58.1 Å². The number of anilines is 1. The van der Waals surface area contributed by atoms with Gasteiger partial charge in [-0.15, -0.1) is 5.11 Å². The molecule has 2 aromatic carbocycles. The van der Waals surface area contributed by atoms with Crippen molar-refractivity contribution in [2.45, 2.75) is 26.1 Å². The van der Waals surface area contributed by atoms with Gasteiger partial charge in [-0.1, -0.05) is 0 Å². The fraction of sp³-hybridized carbons (Fsp3) is 0.316. The lowest BCUT2D eigenvalue weighted by Gasteiger charge is -2.27. The Hall–Kier alpha value is -3.35. The zero-order chi connectivity index (χ0) is 20.7. The lowest BCUT2D eigenvalue weighted by atomic mass is 10.2. The summed E-state index contributed by atoms with van der Waals surface area (Å²) >= 11 is 0. The van der Waals surface area contributed by atoms with Gasteiger partial charge in [-0.05, 0) is 44.2 Å². The van der Waals surface area contributed by atoms with E-state index in [-0.39, 0.29) is 16.9 Å². The summed E-state index contributed by atoms with van der Waals surface area (Å²) in [6.07, 6.45) is -1.10. The van der Waals surface area contributed by atoms with Crippen LogP contribution in [0.25, 0.3) is 0 Å². The van der Waals surface area contributed by atoms with Crippen LogP contribution < -0.4 is 4.90 Å². The average Bonchev–Trinajstić information content (AvgIpc) is 2.65. The van der Waals surface area contributed by atoms with Gasteiger partial charge in [0.25, 0.3) is 5.69 Å². The molecule has 0 saturated carbocycles. The maximum atomic E-state index is 10.8. The molecule has 2 atom stereocenters. The van der Waals surface area contributed by atoms with E-state index in [2.05, 4.69) is 10.2 Å². The summed E-state index contributed by atoms with van der Waals surface area (Å²) in [6, 6.07) is 12.7. The molecular weight excluding hydrogens is 362 g/mol. The van der Waals surface area contributed by atoms with Crippen LogP contribution in [0.4, 0.5) is 22.7 Å². The summed E-state index contributed by atoms with van der Waals surface area (Å²) < 4.78 is 0. The first kappa shape index (κ1) is 21.0. The number of nitro benzene ring substituents is 1. The van der Waals surface area contributed by atoms with E-state index in [1.165, 1.54) is 12.1 Å². The van der Waals surface area contributed by atoms with E-state index >= 15 is 0 Å². The Balaban J connectivity index is 2.19. The standard InChI is InChI=1S/C19H21N5O4/c1-13(25)11-23(12-14(2)26)17-5-3-16(4-6-17)21-22-19-8-7-18(24(27)28)9-15(19)10-20/h3-9,13-14,25-26H,11-12H2,1-2H3. The Labute approximate surface area is 162 Å². The summed E-state index contributed by atoms with van der Waals surface area (Å²) in [7, 11) is 0. The van der Waals surface area contributed by atoms with Gasteiger partial charge < -0.3 is 15.1 Å². The molecule has 9 heteroatoms. The van der Waals surface area contributed by atoms with Gasteiger partial charge in [-0.3, -0.25) is 10.1 Å². The number of rotatable bonds is 8. The number of hydrogen-bond acceptors (Lipinski definition) is 8. The number of non-ortho nitro benzene ring substituents is 1. The second kappa shape index (κ2) is 9.55. The van der Waals surface area contributed by atoms with Crippen LogP contribution in [0.5, 0.6) is 0 Å². The van der Waals surface area contributed by atoms with Gasteiger partial charge in [0.05, 0.1) is 28.4 Å². The Morgan fingerprint density at radius 3 is 2.21 bits per heavy atom. The van der Waals surface area contributed by atoms with Crippen molar-refractivity contribution in [2.24, 2.45) is 10.2 Å². The minimum atomic E-state index is -0.577. The van der Waals surface area contributed by atoms with Crippen molar-refractivity contribution >= 4 is 22.7 Å². The topological polar surface area (TPSA) is 135 Å². The largest absolute Gasteiger partial charge is 0.392 e. The number of aliphatic hydroxyl groups excluding tert-OH is 2. The number of benzene rings is 2. The second-order valence-electron chi connectivity index (χ2n) is 6.39. The maximum absolute atomic E-state index is 10.8. The number of azo groups is 1. The van der Waals surface area contributed by atoms with Crippen molar-refractivity contribution < 1.29 is 15.1 Å². The zero-order valence-electron chi connectivity index (χ0n) is 15.6. The molecule has 0 spiro atoms. The minimum absolute atomic E-state index is 0.0645. The van der Waals surface area contributed by atoms with Gasteiger partial charge in [0.1, 0.15) is 11.8 Å². The fourth-order valence-corrected chi connectivity index (χ4v) is 2.58. The Morgan fingerprint density at radius 2 is 1.71 bits per heavy atom. The van der Waals surface area contributed by atoms with Crippen molar-refractivity contribution in [1.82, 2.24) is 0 Å². The van der Waals surface area contributed by atoms with Crippen LogP contribution >= 0.6 is 0 Å². The molecule has 0 aliphatic heterocycles. The van der Waals surface area contributed by atoms with E-state index in [0.29, 0.717) is 18.8 Å². The first-order chi connectivity index (χ1) is 13.3. The van der Waals surface area contributed by atoms with Crippen LogP contribution in [0.2, 0.25) is 0 Å². The SMILES string of the molecule is CC(O)CN(CC(C)O)c1ccc(N=Nc2ccc([N+](=O)[O-])cc2C#N)cc1. The highest BCUT2D eigenvalue weighted by Gasteiger charge is 2.12. The molecule has 28 heavy (non-hydrogen) atoms. The van der Waals surface area contributed by atoms with Crippen LogP contribution in [0.3, 0.4) is 0 Å². The fourth-order valence-electron chi connectivity index (χ4n) is 2.58. The molecule has 0 fully saturated rings. The molecule has 0 saturated heterocycles. The first-order valence-corrected chi connectivity index (χ1v) is 8.61. The average molecular weight is 383 g/mol. The van der Waals surface area contributed by atoms with Gasteiger partial charge in [-0.2, -0.15) is 10.4 Å². The van der Waals surface area contributed by atoms with Crippen LogP contribution in [-0.4, -0.2) is 40.4 Å². The van der Waals surface area contributed by atoms with Crippen molar-refractivity contribution in [2.75, 3.05) is 18.0 Å². The van der Waals surface area contributed by atoms with Crippen molar-refractivity contribution in [3.63, 3.8) is 0 Å². The van der Waals surface area contributed by atoms with Gasteiger partial charge in [0.15, 0.2) is 0 Å². The summed E-state index contributed by atoms with van der Waals surface area (Å²) in [6.45, 7) is 4.10. The smallest absolute Gasteiger partial charge is 0.270 e. The van der Waals surface area contributed by atoms with E-state index in [1.807, 2.05) is 11.0 Å². The molecule has 0 heterocycles. The monoisotopic (exact) mass is 383 g/mol. The van der Waals surface area contributed by atoms with E-state index in [0.717, 1.165) is 11.8 Å². The summed E-state index contributed by atoms with van der Waals surface area (Å²) in [5.74, 6) is 0. The molecule has 0 aliphatic carbocycles. The molecule has 2 aromatic rings.